The molecule has 4 heteroatoms. The van der Waals surface area contributed by atoms with Crippen LogP contribution in [0, 0.1) is 0 Å². The maximum Gasteiger partial charge on any atom is 0.0594 e. The molecule has 2 fully saturated rings. The van der Waals surface area contributed by atoms with Crippen LogP contribution in [0.25, 0.3) is 0 Å². The first-order valence-corrected chi connectivity index (χ1v) is 6.84. The van der Waals surface area contributed by atoms with E-state index >= 15 is 0 Å². The highest BCUT2D eigenvalue weighted by atomic mass is 16.5. The lowest BCUT2D eigenvalue weighted by atomic mass is 10.0. The van der Waals surface area contributed by atoms with Crippen molar-refractivity contribution in [1.82, 2.24) is 15.1 Å². The Morgan fingerprint density at radius 1 is 1.24 bits per heavy atom. The molecule has 2 heterocycles. The molecule has 0 aromatic heterocycles. The second-order valence-electron chi connectivity index (χ2n) is 5.90. The zero-order chi connectivity index (χ0) is 12.3. The van der Waals surface area contributed by atoms with Crippen LogP contribution in [-0.2, 0) is 4.74 Å². The molecule has 1 atom stereocenters. The number of likely N-dealkylation sites (N-methyl/N-ethyl adjacent to an activating group) is 1. The molecule has 2 aliphatic heterocycles. The molecule has 2 saturated heterocycles. The molecule has 0 bridgehead atoms. The van der Waals surface area contributed by atoms with Crippen LogP contribution in [0.4, 0.5) is 0 Å². The second-order valence-corrected chi connectivity index (χ2v) is 5.90. The summed E-state index contributed by atoms with van der Waals surface area (Å²) < 4.78 is 5.38. The smallest absolute Gasteiger partial charge is 0.0594 e. The van der Waals surface area contributed by atoms with Crippen molar-refractivity contribution >= 4 is 0 Å². The van der Waals surface area contributed by atoms with Crippen LogP contribution in [-0.4, -0.2) is 74.4 Å². The minimum Gasteiger partial charge on any atom is -0.379 e. The van der Waals surface area contributed by atoms with Crippen LogP contribution in [0.1, 0.15) is 20.3 Å². The topological polar surface area (TPSA) is 27.7 Å². The number of morpholine rings is 1. The normalized spacial score (nSPS) is 30.9. The fourth-order valence-corrected chi connectivity index (χ4v) is 2.98. The lowest BCUT2D eigenvalue weighted by Crippen LogP contribution is -2.45. The number of likely N-dealkylation sites (tertiary alicyclic amines) is 1. The molecule has 0 aromatic rings. The molecular weight excluding hydrogens is 214 g/mol. The molecule has 1 unspecified atom stereocenters. The molecule has 0 saturated carbocycles. The highest BCUT2D eigenvalue weighted by molar-refractivity contribution is 4.95. The van der Waals surface area contributed by atoms with Crippen LogP contribution < -0.4 is 5.32 Å². The summed E-state index contributed by atoms with van der Waals surface area (Å²) in [4.78, 5) is 5.15. The van der Waals surface area contributed by atoms with Crippen molar-refractivity contribution < 1.29 is 4.74 Å². The van der Waals surface area contributed by atoms with Gasteiger partial charge in [0.05, 0.1) is 13.2 Å². The lowest BCUT2D eigenvalue weighted by Gasteiger charge is -2.34. The predicted octanol–water partition coefficient (Wildman–Crippen LogP) is 0.391. The molecule has 0 aromatic carbocycles. The van der Waals surface area contributed by atoms with Gasteiger partial charge >= 0.3 is 0 Å². The fourth-order valence-electron chi connectivity index (χ4n) is 2.98. The molecule has 4 nitrogen and oxygen atoms in total. The summed E-state index contributed by atoms with van der Waals surface area (Å²) in [6, 6.07) is 0.662. The summed E-state index contributed by atoms with van der Waals surface area (Å²) in [5.74, 6) is 0. The number of nitrogens with zero attached hydrogens (tertiary/aromatic N) is 2. The molecule has 1 N–H and O–H groups in total. The molecular formula is C13H27N3O. The lowest BCUT2D eigenvalue weighted by molar-refractivity contribution is 0.0297. The molecule has 100 valence electrons. The van der Waals surface area contributed by atoms with Crippen LogP contribution in [0.3, 0.4) is 0 Å². The minimum atomic E-state index is 0.347. The largest absolute Gasteiger partial charge is 0.379 e. The van der Waals surface area contributed by atoms with Gasteiger partial charge in [0.15, 0.2) is 0 Å². The first-order chi connectivity index (χ1) is 8.12. The first-order valence-electron chi connectivity index (χ1n) is 6.84. The van der Waals surface area contributed by atoms with Gasteiger partial charge in [-0.15, -0.1) is 0 Å². The van der Waals surface area contributed by atoms with E-state index in [2.05, 4.69) is 36.0 Å². The zero-order valence-corrected chi connectivity index (χ0v) is 11.5. The Bertz CT molecular complexity index is 239. The molecule has 0 radical (unpaired) electrons. The molecule has 0 aliphatic carbocycles. The van der Waals surface area contributed by atoms with Crippen molar-refractivity contribution in [2.75, 3.05) is 53.0 Å². The van der Waals surface area contributed by atoms with Gasteiger partial charge in [-0.25, -0.2) is 0 Å². The van der Waals surface area contributed by atoms with Crippen molar-refractivity contribution in [1.29, 1.82) is 0 Å². The van der Waals surface area contributed by atoms with Crippen LogP contribution in [0.2, 0.25) is 0 Å². The Morgan fingerprint density at radius 2 is 1.94 bits per heavy atom. The number of ether oxygens (including phenoxy) is 1. The maximum absolute atomic E-state index is 5.38. The van der Waals surface area contributed by atoms with E-state index < -0.39 is 0 Å². The van der Waals surface area contributed by atoms with E-state index in [-0.39, 0.29) is 0 Å². The van der Waals surface area contributed by atoms with Crippen molar-refractivity contribution in [2.45, 2.75) is 31.8 Å². The highest BCUT2D eigenvalue weighted by Crippen LogP contribution is 2.28. The van der Waals surface area contributed by atoms with Crippen LogP contribution in [0.5, 0.6) is 0 Å². The van der Waals surface area contributed by atoms with Gasteiger partial charge in [0.2, 0.25) is 0 Å². The summed E-state index contributed by atoms with van der Waals surface area (Å²) in [6.45, 7) is 12.3. The average Bonchev–Trinajstić information content (AvgIpc) is 2.63. The van der Waals surface area contributed by atoms with Gasteiger partial charge in [0.1, 0.15) is 0 Å². The SMILES string of the molecule is CNC1CN(CCN2CCOCC2)C(C)(C)C1. The van der Waals surface area contributed by atoms with E-state index in [0.717, 1.165) is 26.3 Å². The summed E-state index contributed by atoms with van der Waals surface area (Å²) in [5.41, 5.74) is 0.347. The average molecular weight is 241 g/mol. The number of rotatable bonds is 4. The standard InChI is InChI=1S/C13H27N3O/c1-13(2)10-12(14-3)11-16(13)5-4-15-6-8-17-9-7-15/h12,14H,4-11H2,1-3H3. The fraction of sp³-hybridized carbons (Fsp3) is 1.00. The van der Waals surface area contributed by atoms with Crippen LogP contribution >= 0.6 is 0 Å². The van der Waals surface area contributed by atoms with Gasteiger partial charge in [0, 0.05) is 44.3 Å². The van der Waals surface area contributed by atoms with E-state index in [4.69, 9.17) is 4.74 Å². The van der Waals surface area contributed by atoms with Gasteiger partial charge in [0.25, 0.3) is 0 Å². The second kappa shape index (κ2) is 5.65. The van der Waals surface area contributed by atoms with E-state index in [1.54, 1.807) is 0 Å². The Kier molecular flexibility index (Phi) is 4.42. The highest BCUT2D eigenvalue weighted by Gasteiger charge is 2.37. The third-order valence-corrected chi connectivity index (χ3v) is 4.24. The van der Waals surface area contributed by atoms with E-state index in [1.165, 1.54) is 26.1 Å². The van der Waals surface area contributed by atoms with E-state index in [1.807, 2.05) is 0 Å². The van der Waals surface area contributed by atoms with Crippen molar-refractivity contribution in [3.05, 3.63) is 0 Å². The van der Waals surface area contributed by atoms with Crippen molar-refractivity contribution in [3.63, 3.8) is 0 Å². The minimum absolute atomic E-state index is 0.347. The zero-order valence-electron chi connectivity index (χ0n) is 11.5. The predicted molar refractivity (Wildman–Crippen MR) is 70.4 cm³/mol. The summed E-state index contributed by atoms with van der Waals surface area (Å²) in [7, 11) is 2.08. The quantitative estimate of drug-likeness (QED) is 0.771. The van der Waals surface area contributed by atoms with Gasteiger partial charge in [-0.3, -0.25) is 9.80 Å². The molecule has 0 amide bonds. The Hall–Kier alpha value is -0.160. The van der Waals surface area contributed by atoms with Crippen molar-refractivity contribution in [2.24, 2.45) is 0 Å². The maximum atomic E-state index is 5.38. The number of hydrogen-bond donors (Lipinski definition) is 1. The number of nitrogens with one attached hydrogen (secondary N) is 1. The van der Waals surface area contributed by atoms with Gasteiger partial charge < -0.3 is 10.1 Å². The molecule has 0 spiro atoms. The summed E-state index contributed by atoms with van der Waals surface area (Å²) in [6.07, 6.45) is 1.26. The Balaban J connectivity index is 1.77. The number of hydrogen-bond acceptors (Lipinski definition) is 4. The summed E-state index contributed by atoms with van der Waals surface area (Å²) in [5, 5.41) is 3.41. The summed E-state index contributed by atoms with van der Waals surface area (Å²) >= 11 is 0. The van der Waals surface area contributed by atoms with Gasteiger partial charge in [-0.05, 0) is 27.3 Å². The van der Waals surface area contributed by atoms with E-state index in [0.29, 0.717) is 11.6 Å². The third-order valence-electron chi connectivity index (χ3n) is 4.24. The van der Waals surface area contributed by atoms with Crippen LogP contribution in [0.15, 0.2) is 0 Å². The van der Waals surface area contributed by atoms with Crippen molar-refractivity contribution in [3.8, 4) is 0 Å². The Morgan fingerprint density at radius 3 is 2.53 bits per heavy atom. The molecule has 2 rings (SSSR count). The first kappa shape index (κ1) is 13.3. The third kappa shape index (κ3) is 3.41. The Labute approximate surface area is 105 Å². The van der Waals surface area contributed by atoms with Gasteiger partial charge in [-0.1, -0.05) is 0 Å². The molecule has 17 heavy (non-hydrogen) atoms. The van der Waals surface area contributed by atoms with E-state index in [9.17, 15) is 0 Å². The van der Waals surface area contributed by atoms with Gasteiger partial charge in [-0.2, -0.15) is 0 Å². The molecule has 2 aliphatic rings. The monoisotopic (exact) mass is 241 g/mol.